The lowest BCUT2D eigenvalue weighted by Crippen LogP contribution is -2.63. The molecule has 4 aliphatic rings. The molecule has 10 nitrogen and oxygen atoms in total. The number of methoxy groups -OCH3 is 1. The van der Waals surface area contributed by atoms with E-state index in [1.165, 1.54) is 18.5 Å². The van der Waals surface area contributed by atoms with Gasteiger partial charge >= 0.3 is 6.03 Å². The van der Waals surface area contributed by atoms with Gasteiger partial charge in [0.25, 0.3) is 0 Å². The molecule has 218 valence electrons. The lowest BCUT2D eigenvalue weighted by atomic mass is 9.72. The second kappa shape index (κ2) is 12.2. The summed E-state index contributed by atoms with van der Waals surface area (Å²) in [5, 5.41) is 5.16. The van der Waals surface area contributed by atoms with Crippen molar-refractivity contribution in [2.24, 2.45) is 5.92 Å². The minimum absolute atomic E-state index is 0.0334. The topological polar surface area (TPSA) is 94.1 Å². The predicted octanol–water partition coefficient (Wildman–Crippen LogP) is 1.52. The van der Waals surface area contributed by atoms with Crippen LogP contribution in [0, 0.1) is 5.92 Å². The molecule has 0 spiro atoms. The van der Waals surface area contributed by atoms with Crippen LogP contribution in [0.4, 0.5) is 16.2 Å². The molecule has 3 fully saturated rings. The number of amides is 3. The molecule has 2 aromatic rings. The number of benzene rings is 1. The number of carbonyl (C=O) groups excluding carboxylic acids is 2. The summed E-state index contributed by atoms with van der Waals surface area (Å²) in [6, 6.07) is 8.20. The number of likely N-dealkylation sites (tertiary alicyclic amines) is 1. The summed E-state index contributed by atoms with van der Waals surface area (Å²) in [5.41, 5.74) is 1.86. The van der Waals surface area contributed by atoms with E-state index in [0.29, 0.717) is 32.1 Å². The molecule has 0 saturated carbocycles. The molecule has 3 aliphatic heterocycles. The van der Waals surface area contributed by atoms with E-state index < -0.39 is 0 Å². The zero-order valence-corrected chi connectivity index (χ0v) is 24.0. The Labute approximate surface area is 241 Å². The number of nitrogens with zero attached hydrogens (tertiary/aromatic N) is 6. The highest BCUT2D eigenvalue weighted by atomic mass is 16.5. The first-order chi connectivity index (χ1) is 20.1. The second-order valence-corrected chi connectivity index (χ2v) is 11.6. The number of aromatic nitrogens is 2. The molecule has 1 N–H and O–H groups in total. The molecular formula is C31H41N7O3. The molecule has 4 heterocycles. The maximum absolute atomic E-state index is 13.2. The van der Waals surface area contributed by atoms with Gasteiger partial charge in [-0.25, -0.2) is 14.8 Å². The van der Waals surface area contributed by atoms with Crippen LogP contribution < -0.4 is 20.8 Å². The zero-order chi connectivity index (χ0) is 28.2. The number of rotatable bonds is 6. The number of urea groups is 1. The predicted molar refractivity (Wildman–Crippen MR) is 159 cm³/mol. The molecule has 1 aliphatic carbocycles. The van der Waals surface area contributed by atoms with Gasteiger partial charge < -0.3 is 24.8 Å². The molecule has 0 radical (unpaired) electrons. The van der Waals surface area contributed by atoms with E-state index in [1.54, 1.807) is 13.4 Å². The fraction of sp³-hybridized carbons (Fsp3) is 0.548. The van der Waals surface area contributed by atoms with Crippen LogP contribution in [-0.4, -0.2) is 108 Å². The van der Waals surface area contributed by atoms with Crippen LogP contribution in [0.5, 0.6) is 0 Å². The van der Waals surface area contributed by atoms with Gasteiger partial charge in [-0.3, -0.25) is 9.69 Å². The quantitative estimate of drug-likeness (QED) is 0.574. The van der Waals surface area contributed by atoms with Crippen LogP contribution in [-0.2, 0) is 9.53 Å². The third-order valence-electron chi connectivity index (χ3n) is 9.38. The third kappa shape index (κ3) is 5.81. The summed E-state index contributed by atoms with van der Waals surface area (Å²) in [4.78, 5) is 43.3. The molecule has 0 bridgehead atoms. The highest BCUT2D eigenvalue weighted by Gasteiger charge is 2.45. The van der Waals surface area contributed by atoms with Gasteiger partial charge in [0.2, 0.25) is 5.91 Å². The average molecular weight is 560 g/mol. The summed E-state index contributed by atoms with van der Waals surface area (Å²) in [6.45, 7) is 6.73. The van der Waals surface area contributed by atoms with Crippen molar-refractivity contribution in [2.45, 2.75) is 37.6 Å². The second-order valence-electron chi connectivity index (χ2n) is 11.6. The standard InChI is InChI=1S/C31H41N7O3/c1-41-22-29(39)36-16-18-38(19-17-36)31(11-8-24-21-32-23-33-28(24)20-31)25-9-14-37(15-10-25)30(40)34-26-4-6-27(7-5-26)35-12-2-3-13-35/h4-8,20-21,23,25H,2-3,9-19,22H2,1H3,(H,34,40). The van der Waals surface area contributed by atoms with Gasteiger partial charge in [0, 0.05) is 87.8 Å². The van der Waals surface area contributed by atoms with Crippen molar-refractivity contribution in [3.8, 4) is 0 Å². The Hall–Kier alpha value is -3.50. The number of piperazine rings is 1. The van der Waals surface area contributed by atoms with Crippen LogP contribution in [0.1, 0.15) is 32.1 Å². The van der Waals surface area contributed by atoms with E-state index in [4.69, 9.17) is 4.74 Å². The number of piperidine rings is 1. The summed E-state index contributed by atoms with van der Waals surface area (Å²) in [7, 11) is 1.56. The third-order valence-corrected chi connectivity index (χ3v) is 9.38. The van der Waals surface area contributed by atoms with Gasteiger partial charge in [-0.2, -0.15) is 0 Å². The van der Waals surface area contributed by atoms with Crippen LogP contribution in [0.3, 0.4) is 0 Å². The molecule has 3 amide bonds. The van der Waals surface area contributed by atoms with Crippen LogP contribution in [0.15, 0.2) is 36.8 Å². The smallest absolute Gasteiger partial charge is 0.321 e. The van der Waals surface area contributed by atoms with Gasteiger partial charge in [0.05, 0.1) is 5.35 Å². The Morgan fingerprint density at radius 1 is 0.976 bits per heavy atom. The van der Waals surface area contributed by atoms with E-state index in [9.17, 15) is 9.59 Å². The number of fused-ring (bicyclic) bond motifs is 1. The van der Waals surface area contributed by atoms with Gasteiger partial charge in [0.1, 0.15) is 12.9 Å². The summed E-state index contributed by atoms with van der Waals surface area (Å²) in [5.74, 6) is 0.412. The fourth-order valence-electron chi connectivity index (χ4n) is 7.06. The molecule has 6 rings (SSSR count). The number of ether oxygens (including phenoxy) is 1. The number of nitrogens with one attached hydrogen (secondary N) is 1. The lowest BCUT2D eigenvalue weighted by Gasteiger charge is -2.52. The first kappa shape index (κ1) is 27.7. The van der Waals surface area contributed by atoms with Crippen molar-refractivity contribution >= 4 is 35.5 Å². The molecule has 10 heteroatoms. The fourth-order valence-corrected chi connectivity index (χ4v) is 7.06. The molecular weight excluding hydrogens is 518 g/mol. The molecule has 41 heavy (non-hydrogen) atoms. The highest BCUT2D eigenvalue weighted by Crippen LogP contribution is 2.39. The number of anilines is 2. The van der Waals surface area contributed by atoms with E-state index in [2.05, 4.69) is 49.4 Å². The molecule has 1 aromatic heterocycles. The maximum Gasteiger partial charge on any atom is 0.321 e. The van der Waals surface area contributed by atoms with E-state index in [1.807, 2.05) is 28.1 Å². The summed E-state index contributed by atoms with van der Waals surface area (Å²) >= 11 is 0. The van der Waals surface area contributed by atoms with Crippen LogP contribution in [0.25, 0.3) is 12.2 Å². The van der Waals surface area contributed by atoms with E-state index in [-0.39, 0.29) is 24.1 Å². The molecule has 1 unspecified atom stereocenters. The van der Waals surface area contributed by atoms with Crippen LogP contribution in [0.2, 0.25) is 0 Å². The normalized spacial score (nSPS) is 23.5. The first-order valence-electron chi connectivity index (χ1n) is 15.0. The van der Waals surface area contributed by atoms with E-state index in [0.717, 1.165) is 61.7 Å². The van der Waals surface area contributed by atoms with Gasteiger partial charge in [0.15, 0.2) is 0 Å². The minimum atomic E-state index is -0.203. The Bertz CT molecular complexity index is 1340. The monoisotopic (exact) mass is 559 g/mol. The largest absolute Gasteiger partial charge is 0.375 e. The number of hydrogen-bond donors (Lipinski definition) is 1. The summed E-state index contributed by atoms with van der Waals surface area (Å²) in [6.07, 6.45) is 13.3. The SMILES string of the molecule is COCC(=O)N1CCN(C2(C3CCN(C(=O)Nc4ccc(N5CCCC5)cc4)CC3)C=c3ncncc3=CC2)CC1. The minimum Gasteiger partial charge on any atom is -0.375 e. The average Bonchev–Trinajstić information content (AvgIpc) is 3.57. The van der Waals surface area contributed by atoms with Crippen molar-refractivity contribution in [1.82, 2.24) is 24.7 Å². The van der Waals surface area contributed by atoms with Crippen molar-refractivity contribution in [1.29, 1.82) is 0 Å². The Balaban J connectivity index is 1.13. The van der Waals surface area contributed by atoms with Crippen molar-refractivity contribution < 1.29 is 14.3 Å². The van der Waals surface area contributed by atoms with Gasteiger partial charge in [-0.1, -0.05) is 6.08 Å². The van der Waals surface area contributed by atoms with Crippen molar-refractivity contribution in [2.75, 3.05) is 76.3 Å². The zero-order valence-electron chi connectivity index (χ0n) is 24.0. The van der Waals surface area contributed by atoms with Gasteiger partial charge in [-0.05, 0) is 68.4 Å². The summed E-state index contributed by atoms with van der Waals surface area (Å²) < 4.78 is 5.08. The Morgan fingerprint density at radius 2 is 1.71 bits per heavy atom. The Kier molecular flexibility index (Phi) is 8.20. The molecule has 3 saturated heterocycles. The van der Waals surface area contributed by atoms with Gasteiger partial charge in [-0.15, -0.1) is 0 Å². The molecule has 1 atom stereocenters. The lowest BCUT2D eigenvalue weighted by molar-refractivity contribution is -0.137. The molecule has 1 aromatic carbocycles. The van der Waals surface area contributed by atoms with E-state index >= 15 is 0 Å². The first-order valence-corrected chi connectivity index (χ1v) is 15.0. The van der Waals surface area contributed by atoms with Crippen LogP contribution >= 0.6 is 0 Å². The van der Waals surface area contributed by atoms with Crippen molar-refractivity contribution in [3.63, 3.8) is 0 Å². The highest BCUT2D eigenvalue weighted by molar-refractivity contribution is 5.89. The number of carbonyl (C=O) groups is 2. The Morgan fingerprint density at radius 3 is 2.41 bits per heavy atom. The number of hydrogen-bond acceptors (Lipinski definition) is 7. The maximum atomic E-state index is 13.2. The van der Waals surface area contributed by atoms with Crippen molar-refractivity contribution in [3.05, 3.63) is 47.4 Å².